The number of thiocarbonyl (C=S) groups is 1. The van der Waals surface area contributed by atoms with Gasteiger partial charge in [0.15, 0.2) is 5.11 Å². The van der Waals surface area contributed by atoms with E-state index in [0.717, 1.165) is 16.8 Å². The summed E-state index contributed by atoms with van der Waals surface area (Å²) in [7, 11) is 1.60. The van der Waals surface area contributed by atoms with Gasteiger partial charge in [-0.1, -0.05) is 35.9 Å². The molecule has 0 aliphatic rings. The molecule has 0 unspecified atom stereocenters. The molecule has 0 radical (unpaired) electrons. The van der Waals surface area contributed by atoms with Crippen molar-refractivity contribution in [3.63, 3.8) is 0 Å². The Balaban J connectivity index is 1.84. The summed E-state index contributed by atoms with van der Waals surface area (Å²) in [6, 6.07) is 14.3. The summed E-state index contributed by atoms with van der Waals surface area (Å²) in [4.78, 5) is 23.2. The second-order valence-corrected chi connectivity index (χ2v) is 6.22. The molecule has 7 heteroatoms. The lowest BCUT2D eigenvalue weighted by molar-refractivity contribution is -0.120. The van der Waals surface area contributed by atoms with Gasteiger partial charge in [-0.2, -0.15) is 0 Å². The van der Waals surface area contributed by atoms with E-state index in [1.54, 1.807) is 37.4 Å². The number of likely N-dealkylation sites (N-methyl/N-ethyl adjacent to an activating group) is 1. The van der Waals surface area contributed by atoms with Gasteiger partial charge in [-0.25, -0.2) is 0 Å². The minimum Gasteiger partial charge on any atom is -0.359 e. The SMILES string of the molecule is CNC(=O)Cc1ccc(NC(=S)NC(=O)/C=C/c2ccc(Cl)cc2)cc1. The molecular weight excluding hydrogens is 370 g/mol. The molecule has 5 nitrogen and oxygen atoms in total. The van der Waals surface area contributed by atoms with Crippen LogP contribution in [0.15, 0.2) is 54.6 Å². The van der Waals surface area contributed by atoms with E-state index in [9.17, 15) is 9.59 Å². The highest BCUT2D eigenvalue weighted by Gasteiger charge is 2.04. The molecular formula is C19H18ClN3O2S. The lowest BCUT2D eigenvalue weighted by Crippen LogP contribution is -2.32. The van der Waals surface area contributed by atoms with Crippen LogP contribution in [0.2, 0.25) is 5.02 Å². The number of halogens is 1. The van der Waals surface area contributed by atoms with E-state index in [2.05, 4.69) is 16.0 Å². The first-order chi connectivity index (χ1) is 12.5. The number of hydrogen-bond donors (Lipinski definition) is 3. The molecule has 26 heavy (non-hydrogen) atoms. The van der Waals surface area contributed by atoms with Crippen molar-refractivity contribution in [1.82, 2.24) is 10.6 Å². The Morgan fingerprint density at radius 1 is 1.08 bits per heavy atom. The first kappa shape index (κ1) is 19.6. The van der Waals surface area contributed by atoms with Gasteiger partial charge in [0.2, 0.25) is 11.8 Å². The van der Waals surface area contributed by atoms with E-state index >= 15 is 0 Å². The lowest BCUT2D eigenvalue weighted by Gasteiger charge is -2.09. The molecule has 0 atom stereocenters. The summed E-state index contributed by atoms with van der Waals surface area (Å²) >= 11 is 10.9. The van der Waals surface area contributed by atoms with Crippen LogP contribution in [0.25, 0.3) is 6.08 Å². The summed E-state index contributed by atoms with van der Waals surface area (Å²) in [5, 5.41) is 8.89. The summed E-state index contributed by atoms with van der Waals surface area (Å²) in [6.45, 7) is 0. The normalized spacial score (nSPS) is 10.4. The lowest BCUT2D eigenvalue weighted by atomic mass is 10.1. The minimum absolute atomic E-state index is 0.0547. The van der Waals surface area contributed by atoms with E-state index in [4.69, 9.17) is 23.8 Å². The standard InChI is InChI=1S/C19H18ClN3O2S/c1-21-18(25)12-14-4-9-16(10-5-14)22-19(26)23-17(24)11-6-13-2-7-15(20)8-3-13/h2-11H,12H2,1H3,(H,21,25)(H2,22,23,24,26)/b11-6+. The van der Waals surface area contributed by atoms with Crippen LogP contribution in [0.4, 0.5) is 5.69 Å². The van der Waals surface area contributed by atoms with Crippen molar-refractivity contribution in [1.29, 1.82) is 0 Å². The number of benzene rings is 2. The highest BCUT2D eigenvalue weighted by Crippen LogP contribution is 2.11. The number of hydrogen-bond acceptors (Lipinski definition) is 3. The van der Waals surface area contributed by atoms with Crippen LogP contribution in [0.1, 0.15) is 11.1 Å². The molecule has 0 spiro atoms. The maximum absolute atomic E-state index is 11.9. The second kappa shape index (κ2) is 9.70. The molecule has 3 N–H and O–H groups in total. The molecule has 2 rings (SSSR count). The summed E-state index contributed by atoms with van der Waals surface area (Å²) in [5.74, 6) is -0.394. The summed E-state index contributed by atoms with van der Waals surface area (Å²) in [5.41, 5.74) is 2.46. The molecule has 0 aliphatic heterocycles. The maximum atomic E-state index is 11.9. The maximum Gasteiger partial charge on any atom is 0.250 e. The predicted octanol–water partition coefficient (Wildman–Crippen LogP) is 3.15. The van der Waals surface area contributed by atoms with Gasteiger partial charge in [-0.05, 0) is 53.7 Å². The summed E-state index contributed by atoms with van der Waals surface area (Å²) < 4.78 is 0. The minimum atomic E-state index is -0.339. The van der Waals surface area contributed by atoms with Crippen LogP contribution < -0.4 is 16.0 Å². The largest absolute Gasteiger partial charge is 0.359 e. The second-order valence-electron chi connectivity index (χ2n) is 5.38. The third-order valence-corrected chi connectivity index (χ3v) is 3.85. The Labute approximate surface area is 162 Å². The zero-order valence-corrected chi connectivity index (χ0v) is 15.7. The molecule has 134 valence electrons. The van der Waals surface area contributed by atoms with Gasteiger partial charge in [0.25, 0.3) is 0 Å². The van der Waals surface area contributed by atoms with Gasteiger partial charge in [0, 0.05) is 23.8 Å². The highest BCUT2D eigenvalue weighted by molar-refractivity contribution is 7.80. The van der Waals surface area contributed by atoms with Crippen LogP contribution in [0.5, 0.6) is 0 Å². The van der Waals surface area contributed by atoms with Crippen molar-refractivity contribution in [2.75, 3.05) is 12.4 Å². The Hall–Kier alpha value is -2.70. The van der Waals surface area contributed by atoms with Crippen LogP contribution in [0.3, 0.4) is 0 Å². The average molecular weight is 388 g/mol. The summed E-state index contributed by atoms with van der Waals surface area (Å²) in [6.07, 6.45) is 3.37. The van der Waals surface area contributed by atoms with Crippen LogP contribution in [-0.2, 0) is 16.0 Å². The van der Waals surface area contributed by atoms with Crippen LogP contribution >= 0.6 is 23.8 Å². The fourth-order valence-electron chi connectivity index (χ4n) is 2.04. The number of rotatable bonds is 5. The fourth-order valence-corrected chi connectivity index (χ4v) is 2.39. The Kier molecular flexibility index (Phi) is 7.32. The molecule has 0 saturated heterocycles. The first-order valence-corrected chi connectivity index (χ1v) is 8.60. The van der Waals surface area contributed by atoms with Gasteiger partial charge in [-0.15, -0.1) is 0 Å². The van der Waals surface area contributed by atoms with Crippen molar-refractivity contribution in [3.8, 4) is 0 Å². The molecule has 0 fully saturated rings. The van der Waals surface area contributed by atoms with Crippen molar-refractivity contribution >= 4 is 52.5 Å². The number of amides is 2. The Morgan fingerprint density at radius 2 is 1.73 bits per heavy atom. The average Bonchev–Trinajstić information content (AvgIpc) is 2.62. The van der Waals surface area contributed by atoms with E-state index in [0.29, 0.717) is 11.4 Å². The van der Waals surface area contributed by atoms with Crippen molar-refractivity contribution in [2.45, 2.75) is 6.42 Å². The smallest absolute Gasteiger partial charge is 0.250 e. The van der Waals surface area contributed by atoms with E-state index < -0.39 is 0 Å². The van der Waals surface area contributed by atoms with Gasteiger partial charge in [0.05, 0.1) is 6.42 Å². The van der Waals surface area contributed by atoms with E-state index in [1.807, 2.05) is 24.3 Å². The van der Waals surface area contributed by atoms with Gasteiger partial charge < -0.3 is 10.6 Å². The fraction of sp³-hybridized carbons (Fsp3) is 0.105. The van der Waals surface area contributed by atoms with Crippen molar-refractivity contribution < 1.29 is 9.59 Å². The molecule has 0 bridgehead atoms. The number of carbonyl (C=O) groups is 2. The first-order valence-electron chi connectivity index (χ1n) is 7.81. The monoisotopic (exact) mass is 387 g/mol. The molecule has 0 heterocycles. The Bertz CT molecular complexity index is 818. The quantitative estimate of drug-likeness (QED) is 0.544. The zero-order valence-electron chi connectivity index (χ0n) is 14.1. The van der Waals surface area contributed by atoms with Crippen molar-refractivity contribution in [3.05, 3.63) is 70.8 Å². The molecule has 2 aromatic rings. The Morgan fingerprint density at radius 3 is 2.35 bits per heavy atom. The molecule has 0 aliphatic carbocycles. The third kappa shape index (κ3) is 6.66. The van der Waals surface area contributed by atoms with Crippen LogP contribution in [-0.4, -0.2) is 24.0 Å². The third-order valence-electron chi connectivity index (χ3n) is 3.39. The highest BCUT2D eigenvalue weighted by atomic mass is 35.5. The van der Waals surface area contributed by atoms with Gasteiger partial charge in [0.1, 0.15) is 0 Å². The zero-order chi connectivity index (χ0) is 18.9. The van der Waals surface area contributed by atoms with Gasteiger partial charge in [-0.3, -0.25) is 14.9 Å². The van der Waals surface area contributed by atoms with Crippen molar-refractivity contribution in [2.24, 2.45) is 0 Å². The molecule has 2 aromatic carbocycles. The molecule has 0 aromatic heterocycles. The van der Waals surface area contributed by atoms with Crippen LogP contribution in [0, 0.1) is 0 Å². The topological polar surface area (TPSA) is 70.2 Å². The van der Waals surface area contributed by atoms with E-state index in [-0.39, 0.29) is 16.9 Å². The van der Waals surface area contributed by atoms with E-state index in [1.165, 1.54) is 6.08 Å². The molecule has 2 amide bonds. The number of carbonyl (C=O) groups excluding carboxylic acids is 2. The number of nitrogens with one attached hydrogen (secondary N) is 3. The van der Waals surface area contributed by atoms with Gasteiger partial charge >= 0.3 is 0 Å². The predicted molar refractivity (Wildman–Crippen MR) is 109 cm³/mol. The number of anilines is 1. The molecule has 0 saturated carbocycles.